The van der Waals surface area contributed by atoms with Crippen molar-refractivity contribution in [2.45, 2.75) is 12.0 Å². The summed E-state index contributed by atoms with van der Waals surface area (Å²) >= 11 is 0. The molecular formula is C22H26O8. The van der Waals surface area contributed by atoms with Crippen LogP contribution in [-0.2, 0) is 0 Å². The molecule has 2 aromatic rings. The average Bonchev–Trinajstić information content (AvgIpc) is 3.24. The fourth-order valence-electron chi connectivity index (χ4n) is 4.63. The SMILES string of the molecule is COc1cc([C@H]2c3cc4c(cc3[C@@H](O)[C@H](CO)[C@H]2CO)OCO4)cc(OC)c1OC. The van der Waals surface area contributed by atoms with Gasteiger partial charge in [-0.05, 0) is 41.0 Å². The van der Waals surface area contributed by atoms with Gasteiger partial charge in [0.1, 0.15) is 0 Å². The number of aliphatic hydroxyl groups is 3. The van der Waals surface area contributed by atoms with E-state index in [9.17, 15) is 15.3 Å². The Hall–Kier alpha value is -2.68. The maximum Gasteiger partial charge on any atom is 0.231 e. The molecule has 4 rings (SSSR count). The highest BCUT2D eigenvalue weighted by atomic mass is 16.7. The summed E-state index contributed by atoms with van der Waals surface area (Å²) in [6, 6.07) is 7.25. The standard InChI is InChI=1S/C22H26O8/c1-26-18-4-11(5-19(27-2)22(18)28-3)20-12-6-16-17(30-10-29-16)7-13(12)21(25)15(9-24)14(20)8-23/h4-7,14-15,20-21,23-25H,8-10H2,1-3H3/t14-,15-,20+,21-/m1/s1. The molecule has 4 atom stereocenters. The Morgan fingerprint density at radius 3 is 1.90 bits per heavy atom. The van der Waals surface area contributed by atoms with E-state index in [1.807, 2.05) is 18.2 Å². The van der Waals surface area contributed by atoms with Crippen molar-refractivity contribution in [2.24, 2.45) is 11.8 Å². The summed E-state index contributed by atoms with van der Waals surface area (Å²) in [4.78, 5) is 0. The van der Waals surface area contributed by atoms with Crippen LogP contribution in [0.15, 0.2) is 24.3 Å². The van der Waals surface area contributed by atoms with E-state index in [1.54, 1.807) is 6.07 Å². The first-order chi connectivity index (χ1) is 14.6. The number of rotatable bonds is 6. The minimum Gasteiger partial charge on any atom is -0.493 e. The first kappa shape index (κ1) is 20.6. The molecule has 0 spiro atoms. The third-order valence-corrected chi connectivity index (χ3v) is 6.08. The number of benzene rings is 2. The quantitative estimate of drug-likeness (QED) is 0.653. The fraction of sp³-hybridized carbons (Fsp3) is 0.455. The van der Waals surface area contributed by atoms with E-state index < -0.39 is 17.9 Å². The number of methoxy groups -OCH3 is 3. The van der Waals surface area contributed by atoms with Crippen molar-refractivity contribution in [2.75, 3.05) is 41.3 Å². The van der Waals surface area contributed by atoms with Crippen molar-refractivity contribution in [3.05, 3.63) is 41.0 Å². The Morgan fingerprint density at radius 2 is 1.40 bits per heavy atom. The molecule has 0 unspecified atom stereocenters. The maximum atomic E-state index is 11.0. The van der Waals surface area contributed by atoms with Gasteiger partial charge in [0.15, 0.2) is 23.0 Å². The van der Waals surface area contributed by atoms with Gasteiger partial charge in [-0.25, -0.2) is 0 Å². The summed E-state index contributed by atoms with van der Waals surface area (Å²) in [6.45, 7) is -0.394. The van der Waals surface area contributed by atoms with E-state index in [2.05, 4.69) is 0 Å². The average molecular weight is 418 g/mol. The molecule has 0 bridgehead atoms. The van der Waals surface area contributed by atoms with Crippen LogP contribution in [0.4, 0.5) is 0 Å². The lowest BCUT2D eigenvalue weighted by molar-refractivity contribution is -0.00425. The lowest BCUT2D eigenvalue weighted by atomic mass is 9.65. The minimum atomic E-state index is -0.949. The number of hydrogen-bond donors (Lipinski definition) is 3. The van der Waals surface area contributed by atoms with Crippen molar-refractivity contribution in [1.82, 2.24) is 0 Å². The zero-order valence-electron chi connectivity index (χ0n) is 17.1. The van der Waals surface area contributed by atoms with Crippen LogP contribution < -0.4 is 23.7 Å². The van der Waals surface area contributed by atoms with Gasteiger partial charge in [0.25, 0.3) is 0 Å². The lowest BCUT2D eigenvalue weighted by Crippen LogP contribution is -2.38. The van der Waals surface area contributed by atoms with Crippen LogP contribution in [0.25, 0.3) is 0 Å². The van der Waals surface area contributed by atoms with E-state index >= 15 is 0 Å². The van der Waals surface area contributed by atoms with Gasteiger partial charge in [0.05, 0.1) is 27.4 Å². The van der Waals surface area contributed by atoms with E-state index in [0.717, 1.165) is 11.1 Å². The first-order valence-corrected chi connectivity index (χ1v) is 9.71. The molecule has 0 saturated carbocycles. The second kappa shape index (κ2) is 8.22. The summed E-state index contributed by atoms with van der Waals surface area (Å²) in [5.74, 6) is 1.20. The molecule has 3 N–H and O–H groups in total. The molecule has 1 aliphatic heterocycles. The van der Waals surface area contributed by atoms with Gasteiger partial charge in [-0.2, -0.15) is 0 Å². The Morgan fingerprint density at radius 1 is 0.833 bits per heavy atom. The summed E-state index contributed by atoms with van der Waals surface area (Å²) in [5, 5.41) is 31.2. The summed E-state index contributed by atoms with van der Waals surface area (Å²) < 4.78 is 27.5. The zero-order valence-corrected chi connectivity index (χ0v) is 17.1. The third-order valence-electron chi connectivity index (χ3n) is 6.08. The van der Waals surface area contributed by atoms with E-state index in [4.69, 9.17) is 23.7 Å². The van der Waals surface area contributed by atoms with E-state index in [1.165, 1.54) is 21.3 Å². The van der Waals surface area contributed by atoms with Crippen molar-refractivity contribution in [1.29, 1.82) is 0 Å². The van der Waals surface area contributed by atoms with Gasteiger partial charge in [0, 0.05) is 31.0 Å². The minimum absolute atomic E-state index is 0.107. The number of fused-ring (bicyclic) bond motifs is 2. The van der Waals surface area contributed by atoms with Crippen molar-refractivity contribution in [3.8, 4) is 28.7 Å². The van der Waals surface area contributed by atoms with Gasteiger partial charge >= 0.3 is 0 Å². The highest BCUT2D eigenvalue weighted by Crippen LogP contribution is 2.53. The molecule has 8 nitrogen and oxygen atoms in total. The molecule has 2 aromatic carbocycles. The largest absolute Gasteiger partial charge is 0.493 e. The van der Waals surface area contributed by atoms with Gasteiger partial charge < -0.3 is 39.0 Å². The number of hydrogen-bond acceptors (Lipinski definition) is 8. The molecular weight excluding hydrogens is 392 g/mol. The Bertz CT molecular complexity index is 903. The van der Waals surface area contributed by atoms with Crippen LogP contribution in [-0.4, -0.2) is 56.7 Å². The highest BCUT2D eigenvalue weighted by Gasteiger charge is 2.44. The molecule has 2 aliphatic rings. The molecule has 0 aromatic heterocycles. The molecule has 1 heterocycles. The summed E-state index contributed by atoms with van der Waals surface area (Å²) in [5.41, 5.74) is 2.24. The first-order valence-electron chi connectivity index (χ1n) is 9.71. The van der Waals surface area contributed by atoms with Crippen LogP contribution in [0, 0.1) is 11.8 Å². The summed E-state index contributed by atoms with van der Waals surface area (Å²) in [6.07, 6.45) is -0.949. The second-order valence-electron chi connectivity index (χ2n) is 7.41. The molecule has 0 fully saturated rings. The molecule has 0 radical (unpaired) electrons. The Kier molecular flexibility index (Phi) is 5.64. The number of aliphatic hydroxyl groups excluding tert-OH is 3. The monoisotopic (exact) mass is 418 g/mol. The van der Waals surface area contributed by atoms with Crippen molar-refractivity contribution >= 4 is 0 Å². The second-order valence-corrected chi connectivity index (χ2v) is 7.41. The summed E-state index contributed by atoms with van der Waals surface area (Å²) in [7, 11) is 4.61. The molecule has 0 amide bonds. The topological polar surface area (TPSA) is 107 Å². The lowest BCUT2D eigenvalue weighted by Gasteiger charge is -2.41. The van der Waals surface area contributed by atoms with Crippen LogP contribution in [0.3, 0.4) is 0 Å². The molecule has 30 heavy (non-hydrogen) atoms. The molecule has 1 aliphatic carbocycles. The van der Waals surface area contributed by atoms with Crippen LogP contribution >= 0.6 is 0 Å². The smallest absolute Gasteiger partial charge is 0.231 e. The third kappa shape index (κ3) is 3.12. The van der Waals surface area contributed by atoms with Crippen molar-refractivity contribution in [3.63, 3.8) is 0 Å². The normalized spacial score (nSPS) is 24.3. The molecule has 8 heteroatoms. The van der Waals surface area contributed by atoms with Gasteiger partial charge in [-0.15, -0.1) is 0 Å². The van der Waals surface area contributed by atoms with E-state index in [-0.39, 0.29) is 25.9 Å². The zero-order chi connectivity index (χ0) is 21.4. The van der Waals surface area contributed by atoms with Crippen molar-refractivity contribution < 1.29 is 39.0 Å². The predicted octanol–water partition coefficient (Wildman–Crippen LogP) is 1.84. The van der Waals surface area contributed by atoms with Crippen LogP contribution in [0.5, 0.6) is 28.7 Å². The van der Waals surface area contributed by atoms with Crippen LogP contribution in [0.2, 0.25) is 0 Å². The molecule has 162 valence electrons. The van der Waals surface area contributed by atoms with Gasteiger partial charge in [0.2, 0.25) is 12.5 Å². The van der Waals surface area contributed by atoms with Gasteiger partial charge in [-0.3, -0.25) is 0 Å². The van der Waals surface area contributed by atoms with E-state index in [0.29, 0.717) is 34.3 Å². The van der Waals surface area contributed by atoms with Crippen LogP contribution in [0.1, 0.15) is 28.7 Å². The van der Waals surface area contributed by atoms with Gasteiger partial charge in [-0.1, -0.05) is 0 Å². The highest BCUT2D eigenvalue weighted by molar-refractivity contribution is 5.59. The molecule has 0 saturated heterocycles. The Balaban J connectivity index is 1.95. The Labute approximate surface area is 174 Å². The fourth-order valence-corrected chi connectivity index (χ4v) is 4.63. The number of ether oxygens (including phenoxy) is 5. The predicted molar refractivity (Wildman–Crippen MR) is 107 cm³/mol. The maximum absolute atomic E-state index is 11.0.